The summed E-state index contributed by atoms with van der Waals surface area (Å²) in [5.41, 5.74) is 1.64. The van der Waals surface area contributed by atoms with Gasteiger partial charge >= 0.3 is 0 Å². The Bertz CT molecular complexity index is 838. The van der Waals surface area contributed by atoms with E-state index in [4.69, 9.17) is 21.1 Å². The highest BCUT2D eigenvalue weighted by atomic mass is 35.5. The molecule has 1 aliphatic heterocycles. The zero-order valence-electron chi connectivity index (χ0n) is 14.3. The Kier molecular flexibility index (Phi) is 4.59. The number of nitrogens with one attached hydrogen (secondary N) is 2. The molecule has 0 aromatic heterocycles. The molecule has 1 aliphatic carbocycles. The van der Waals surface area contributed by atoms with Crippen LogP contribution in [0.15, 0.2) is 41.4 Å². The number of aliphatic imine (C=N–C) groups is 1. The van der Waals surface area contributed by atoms with Crippen molar-refractivity contribution in [3.63, 3.8) is 0 Å². The van der Waals surface area contributed by atoms with E-state index in [1.54, 1.807) is 19.2 Å². The summed E-state index contributed by atoms with van der Waals surface area (Å²) in [6.45, 7) is 0.852. The lowest BCUT2D eigenvalue weighted by molar-refractivity contribution is 0.174. The highest BCUT2D eigenvalue weighted by molar-refractivity contribution is 6.31. The van der Waals surface area contributed by atoms with Crippen molar-refractivity contribution in [2.45, 2.75) is 24.9 Å². The summed E-state index contributed by atoms with van der Waals surface area (Å²) >= 11 is 6.15. The molecule has 1 fully saturated rings. The molecular formula is C19H19ClFN3O2. The van der Waals surface area contributed by atoms with Crippen molar-refractivity contribution in [1.82, 2.24) is 10.6 Å². The number of hydrogen-bond donors (Lipinski definition) is 2. The Labute approximate surface area is 156 Å². The van der Waals surface area contributed by atoms with Gasteiger partial charge in [0, 0.05) is 36.1 Å². The number of ether oxygens (including phenoxy) is 2. The number of fused-ring (bicyclic) bond motifs is 1. The summed E-state index contributed by atoms with van der Waals surface area (Å²) < 4.78 is 24.7. The van der Waals surface area contributed by atoms with E-state index in [1.807, 2.05) is 18.2 Å². The predicted molar refractivity (Wildman–Crippen MR) is 98.5 cm³/mol. The fourth-order valence-electron chi connectivity index (χ4n) is 3.15. The van der Waals surface area contributed by atoms with Crippen LogP contribution in [0.3, 0.4) is 0 Å². The quantitative estimate of drug-likeness (QED) is 0.635. The summed E-state index contributed by atoms with van der Waals surface area (Å²) in [6, 6.07) is 10.7. The van der Waals surface area contributed by atoms with Gasteiger partial charge in [0.1, 0.15) is 5.82 Å². The molecule has 26 heavy (non-hydrogen) atoms. The number of halogens is 2. The minimum Gasteiger partial charge on any atom is -0.454 e. The van der Waals surface area contributed by atoms with Crippen molar-refractivity contribution >= 4 is 17.6 Å². The Balaban J connectivity index is 1.35. The molecule has 2 aliphatic rings. The highest BCUT2D eigenvalue weighted by Gasteiger charge is 2.41. The molecule has 2 atom stereocenters. The summed E-state index contributed by atoms with van der Waals surface area (Å²) in [6.07, 6.45) is 0.825. The van der Waals surface area contributed by atoms with Crippen LogP contribution in [0.4, 0.5) is 4.39 Å². The first-order valence-corrected chi connectivity index (χ1v) is 8.83. The lowest BCUT2D eigenvalue weighted by atomic mass is 10.1. The van der Waals surface area contributed by atoms with E-state index in [0.717, 1.165) is 23.5 Å². The van der Waals surface area contributed by atoms with Crippen molar-refractivity contribution in [3.05, 3.63) is 58.4 Å². The van der Waals surface area contributed by atoms with Crippen LogP contribution in [0.2, 0.25) is 5.02 Å². The first-order valence-electron chi connectivity index (χ1n) is 8.45. The topological polar surface area (TPSA) is 54.9 Å². The van der Waals surface area contributed by atoms with E-state index in [-0.39, 0.29) is 24.6 Å². The van der Waals surface area contributed by atoms with Crippen molar-refractivity contribution in [2.24, 2.45) is 4.99 Å². The van der Waals surface area contributed by atoms with Gasteiger partial charge in [-0.15, -0.1) is 0 Å². The van der Waals surface area contributed by atoms with Crippen LogP contribution in [-0.4, -0.2) is 25.8 Å². The minimum atomic E-state index is -0.255. The molecule has 5 nitrogen and oxygen atoms in total. The van der Waals surface area contributed by atoms with Crippen molar-refractivity contribution < 1.29 is 13.9 Å². The molecule has 2 N–H and O–H groups in total. The third-order valence-corrected chi connectivity index (χ3v) is 4.93. The maximum absolute atomic E-state index is 14.0. The van der Waals surface area contributed by atoms with Gasteiger partial charge in [0.15, 0.2) is 17.5 Å². The Morgan fingerprint density at radius 2 is 2.12 bits per heavy atom. The second-order valence-electron chi connectivity index (χ2n) is 6.34. The highest BCUT2D eigenvalue weighted by Crippen LogP contribution is 2.44. The predicted octanol–water partition coefficient (Wildman–Crippen LogP) is 3.43. The average molecular weight is 376 g/mol. The van der Waals surface area contributed by atoms with Crippen LogP contribution in [-0.2, 0) is 6.54 Å². The van der Waals surface area contributed by atoms with Gasteiger partial charge in [-0.05, 0) is 36.2 Å². The van der Waals surface area contributed by atoms with Gasteiger partial charge < -0.3 is 20.1 Å². The van der Waals surface area contributed by atoms with Crippen LogP contribution in [0.1, 0.15) is 23.5 Å². The smallest absolute Gasteiger partial charge is 0.231 e. The zero-order chi connectivity index (χ0) is 18.1. The van der Waals surface area contributed by atoms with Crippen LogP contribution in [0.25, 0.3) is 0 Å². The van der Waals surface area contributed by atoms with Gasteiger partial charge in [-0.2, -0.15) is 0 Å². The number of hydrogen-bond acceptors (Lipinski definition) is 3. The van der Waals surface area contributed by atoms with Crippen LogP contribution >= 0.6 is 11.6 Å². The molecular weight excluding hydrogens is 357 g/mol. The normalized spacial score (nSPS) is 20.8. The van der Waals surface area contributed by atoms with Crippen molar-refractivity contribution in [3.8, 4) is 11.5 Å². The summed E-state index contributed by atoms with van der Waals surface area (Å²) in [4.78, 5) is 4.24. The van der Waals surface area contributed by atoms with Gasteiger partial charge in [-0.3, -0.25) is 4.99 Å². The molecule has 2 aromatic rings. The maximum atomic E-state index is 14.0. The fourth-order valence-corrected chi connectivity index (χ4v) is 3.45. The molecule has 4 rings (SSSR count). The first-order chi connectivity index (χ1) is 12.7. The molecule has 7 heteroatoms. The molecule has 1 heterocycles. The van der Waals surface area contributed by atoms with Crippen molar-refractivity contribution in [1.29, 1.82) is 0 Å². The molecule has 0 radical (unpaired) electrons. The van der Waals surface area contributed by atoms with Gasteiger partial charge in [-0.25, -0.2) is 4.39 Å². The molecule has 0 amide bonds. The Morgan fingerprint density at radius 3 is 2.92 bits per heavy atom. The minimum absolute atomic E-state index is 0.0628. The summed E-state index contributed by atoms with van der Waals surface area (Å²) in [5, 5.41) is 7.06. The zero-order valence-corrected chi connectivity index (χ0v) is 15.0. The number of guanidine groups is 1. The van der Waals surface area contributed by atoms with E-state index < -0.39 is 0 Å². The molecule has 0 saturated heterocycles. The average Bonchev–Trinajstić information content (AvgIpc) is 3.21. The lowest BCUT2D eigenvalue weighted by Crippen LogP contribution is -2.38. The SMILES string of the molecule is CN=C(NCc1ccc2c(c1)OCO2)NC1CC1c1c(F)cccc1Cl. The summed E-state index contributed by atoms with van der Waals surface area (Å²) in [7, 11) is 1.71. The van der Waals surface area contributed by atoms with Gasteiger partial charge in [-0.1, -0.05) is 23.7 Å². The largest absolute Gasteiger partial charge is 0.454 e. The van der Waals surface area contributed by atoms with E-state index in [0.29, 0.717) is 23.1 Å². The standard InChI is InChI=1S/C19H19ClFN3O2/c1-22-19(23-9-11-5-6-16-17(7-11)26-10-25-16)24-15-8-12(15)18-13(20)3-2-4-14(18)21/h2-7,12,15H,8-10H2,1H3,(H2,22,23,24). The molecule has 0 spiro atoms. The van der Waals surface area contributed by atoms with E-state index >= 15 is 0 Å². The van der Waals surface area contributed by atoms with Gasteiger partial charge in [0.05, 0.1) is 0 Å². The first kappa shape index (κ1) is 17.0. The molecule has 0 bridgehead atoms. The Hall–Kier alpha value is -2.47. The number of nitrogens with zero attached hydrogens (tertiary/aromatic N) is 1. The van der Waals surface area contributed by atoms with Gasteiger partial charge in [0.2, 0.25) is 6.79 Å². The third kappa shape index (κ3) is 3.42. The monoisotopic (exact) mass is 375 g/mol. The number of benzene rings is 2. The number of rotatable bonds is 4. The summed E-state index contributed by atoms with van der Waals surface area (Å²) in [5.74, 6) is 1.99. The molecule has 2 aromatic carbocycles. The van der Waals surface area contributed by atoms with Gasteiger partial charge in [0.25, 0.3) is 0 Å². The molecule has 2 unspecified atom stereocenters. The third-order valence-electron chi connectivity index (χ3n) is 4.60. The lowest BCUT2D eigenvalue weighted by Gasteiger charge is -2.13. The van der Waals surface area contributed by atoms with Crippen LogP contribution in [0, 0.1) is 5.82 Å². The van der Waals surface area contributed by atoms with E-state index in [9.17, 15) is 4.39 Å². The van der Waals surface area contributed by atoms with Crippen LogP contribution in [0.5, 0.6) is 11.5 Å². The molecule has 1 saturated carbocycles. The second kappa shape index (κ2) is 7.03. The molecule has 136 valence electrons. The van der Waals surface area contributed by atoms with Crippen LogP contribution < -0.4 is 20.1 Å². The Morgan fingerprint density at radius 1 is 1.27 bits per heavy atom. The fraction of sp³-hybridized carbons (Fsp3) is 0.316. The van der Waals surface area contributed by atoms with Crippen molar-refractivity contribution in [2.75, 3.05) is 13.8 Å². The van der Waals surface area contributed by atoms with E-state index in [1.165, 1.54) is 6.07 Å². The second-order valence-corrected chi connectivity index (χ2v) is 6.75. The van der Waals surface area contributed by atoms with E-state index in [2.05, 4.69) is 15.6 Å². The maximum Gasteiger partial charge on any atom is 0.231 e.